The number of carbonyl (C=O) groups is 1. The second-order valence-electron chi connectivity index (χ2n) is 5.02. The summed E-state index contributed by atoms with van der Waals surface area (Å²) in [5, 5.41) is 0. The number of amides is 1. The molecule has 0 unspecified atom stereocenters. The highest BCUT2D eigenvalue weighted by Crippen LogP contribution is 2.21. The van der Waals surface area contributed by atoms with E-state index < -0.39 is 0 Å². The molecule has 0 saturated carbocycles. The first-order valence-corrected chi connectivity index (χ1v) is 7.09. The zero-order valence-electron chi connectivity index (χ0n) is 12.3. The molecular formula is C19H16N2O. The second-order valence-corrected chi connectivity index (χ2v) is 5.02. The molecule has 108 valence electrons. The topological polar surface area (TPSA) is 33.2 Å². The molecule has 1 amide bonds. The van der Waals surface area contributed by atoms with Crippen LogP contribution in [0.5, 0.6) is 0 Å². The minimum Gasteiger partial charge on any atom is -0.310 e. The second kappa shape index (κ2) is 6.22. The van der Waals surface area contributed by atoms with E-state index in [9.17, 15) is 4.79 Å². The Balaban J connectivity index is 1.91. The van der Waals surface area contributed by atoms with E-state index in [1.54, 1.807) is 24.3 Å². The summed E-state index contributed by atoms with van der Waals surface area (Å²) < 4.78 is 0. The quantitative estimate of drug-likeness (QED) is 0.729. The van der Waals surface area contributed by atoms with Crippen LogP contribution in [0, 0.1) is 0 Å². The molecule has 0 spiro atoms. The molecule has 3 heteroatoms. The maximum Gasteiger partial charge on any atom is 0.258 e. The highest BCUT2D eigenvalue weighted by Gasteiger charge is 2.14. The molecule has 1 heterocycles. The molecule has 1 aromatic heterocycles. The average Bonchev–Trinajstić information content (AvgIpc) is 2.62. The predicted octanol–water partition coefficient (Wildman–Crippen LogP) is 4.03. The Morgan fingerprint density at radius 1 is 0.909 bits per heavy atom. The number of anilines is 1. The molecule has 0 atom stereocenters. The first kappa shape index (κ1) is 14.0. The van der Waals surface area contributed by atoms with E-state index in [1.165, 1.54) is 0 Å². The van der Waals surface area contributed by atoms with Crippen LogP contribution in [0.2, 0.25) is 0 Å². The smallest absolute Gasteiger partial charge is 0.258 e. The maximum absolute atomic E-state index is 12.6. The van der Waals surface area contributed by atoms with Crippen molar-refractivity contribution in [2.45, 2.75) is 0 Å². The van der Waals surface area contributed by atoms with Crippen molar-refractivity contribution >= 4 is 11.6 Å². The van der Waals surface area contributed by atoms with Crippen molar-refractivity contribution in [2.24, 2.45) is 0 Å². The first-order chi connectivity index (χ1) is 10.8. The Labute approximate surface area is 129 Å². The Bertz CT molecular complexity index is 770. The van der Waals surface area contributed by atoms with Crippen molar-refractivity contribution < 1.29 is 4.79 Å². The van der Waals surface area contributed by atoms with Gasteiger partial charge in [0.2, 0.25) is 0 Å². The van der Waals surface area contributed by atoms with Crippen LogP contribution in [0.4, 0.5) is 5.69 Å². The number of benzene rings is 2. The van der Waals surface area contributed by atoms with Gasteiger partial charge in [0.05, 0.1) is 11.9 Å². The van der Waals surface area contributed by atoms with E-state index >= 15 is 0 Å². The Kier molecular flexibility index (Phi) is 3.97. The molecule has 0 aliphatic rings. The summed E-state index contributed by atoms with van der Waals surface area (Å²) in [6.07, 6.45) is 3.37. The van der Waals surface area contributed by atoms with Crippen LogP contribution in [0.3, 0.4) is 0 Å². The van der Waals surface area contributed by atoms with E-state index in [0.29, 0.717) is 5.56 Å². The molecule has 3 nitrogen and oxygen atoms in total. The molecule has 0 radical (unpaired) electrons. The monoisotopic (exact) mass is 288 g/mol. The lowest BCUT2D eigenvalue weighted by atomic mass is 10.0. The zero-order valence-corrected chi connectivity index (χ0v) is 12.3. The van der Waals surface area contributed by atoms with Crippen molar-refractivity contribution in [2.75, 3.05) is 11.9 Å². The van der Waals surface area contributed by atoms with Crippen molar-refractivity contribution in [3.05, 3.63) is 84.7 Å². The van der Waals surface area contributed by atoms with Gasteiger partial charge in [-0.3, -0.25) is 9.78 Å². The predicted molar refractivity (Wildman–Crippen MR) is 88.8 cm³/mol. The molecule has 0 N–H and O–H groups in total. The minimum atomic E-state index is -0.0502. The van der Waals surface area contributed by atoms with Gasteiger partial charge < -0.3 is 4.90 Å². The molecule has 3 rings (SSSR count). The highest BCUT2D eigenvalue weighted by molar-refractivity contribution is 6.06. The van der Waals surface area contributed by atoms with Gasteiger partial charge in [-0.2, -0.15) is 0 Å². The summed E-state index contributed by atoms with van der Waals surface area (Å²) in [6, 6.07) is 21.4. The van der Waals surface area contributed by atoms with E-state index in [4.69, 9.17) is 0 Å². The molecule has 2 aromatic carbocycles. The van der Waals surface area contributed by atoms with Gasteiger partial charge in [-0.15, -0.1) is 0 Å². The minimum absolute atomic E-state index is 0.0502. The third kappa shape index (κ3) is 2.88. The number of hydrogen-bond acceptors (Lipinski definition) is 2. The summed E-state index contributed by atoms with van der Waals surface area (Å²) in [5.41, 5.74) is 3.57. The Hall–Kier alpha value is -2.94. The van der Waals surface area contributed by atoms with Gasteiger partial charge in [-0.1, -0.05) is 42.5 Å². The first-order valence-electron chi connectivity index (χ1n) is 7.09. The number of rotatable bonds is 3. The van der Waals surface area contributed by atoms with E-state index in [1.807, 2.05) is 66.7 Å². The third-order valence-corrected chi connectivity index (χ3v) is 3.55. The molecule has 0 saturated heterocycles. The lowest BCUT2D eigenvalue weighted by molar-refractivity contribution is 0.0993. The van der Waals surface area contributed by atoms with E-state index in [2.05, 4.69) is 4.98 Å². The summed E-state index contributed by atoms with van der Waals surface area (Å²) in [7, 11) is 1.76. The lowest BCUT2D eigenvalue weighted by Crippen LogP contribution is -2.26. The van der Waals surface area contributed by atoms with Crippen molar-refractivity contribution in [1.29, 1.82) is 0 Å². The molecule has 0 aliphatic carbocycles. The summed E-state index contributed by atoms with van der Waals surface area (Å²) in [5.74, 6) is -0.0502. The largest absolute Gasteiger partial charge is 0.310 e. The molecule has 22 heavy (non-hydrogen) atoms. The van der Waals surface area contributed by atoms with Crippen LogP contribution >= 0.6 is 0 Å². The molecule has 3 aromatic rings. The van der Waals surface area contributed by atoms with E-state index in [-0.39, 0.29) is 5.91 Å². The zero-order chi connectivity index (χ0) is 15.4. The van der Waals surface area contributed by atoms with Crippen molar-refractivity contribution in [3.8, 4) is 11.1 Å². The fourth-order valence-electron chi connectivity index (χ4n) is 2.33. The number of carbonyl (C=O) groups excluding carboxylic acids is 1. The molecule has 0 fully saturated rings. The normalized spacial score (nSPS) is 10.2. The standard InChI is InChI=1S/C19H16N2O/c1-21(18-11-6-12-20-14-18)19(22)17-10-5-9-16(13-17)15-7-3-2-4-8-15/h2-14H,1H3. The third-order valence-electron chi connectivity index (χ3n) is 3.55. The van der Waals surface area contributed by atoms with E-state index in [0.717, 1.165) is 16.8 Å². The summed E-state index contributed by atoms with van der Waals surface area (Å²) in [6.45, 7) is 0. The van der Waals surface area contributed by atoms with Crippen molar-refractivity contribution in [1.82, 2.24) is 4.98 Å². The summed E-state index contributed by atoms with van der Waals surface area (Å²) >= 11 is 0. The molecule has 0 aliphatic heterocycles. The van der Waals surface area contributed by atoms with Gasteiger partial charge in [0.25, 0.3) is 5.91 Å². The van der Waals surface area contributed by atoms with Crippen LogP contribution in [0.25, 0.3) is 11.1 Å². The highest BCUT2D eigenvalue weighted by atomic mass is 16.2. The molecular weight excluding hydrogens is 272 g/mol. The van der Waals surface area contributed by atoms with Crippen LogP contribution in [-0.4, -0.2) is 17.9 Å². The number of nitrogens with zero attached hydrogens (tertiary/aromatic N) is 2. The number of hydrogen-bond donors (Lipinski definition) is 0. The average molecular weight is 288 g/mol. The van der Waals surface area contributed by atoms with Crippen molar-refractivity contribution in [3.63, 3.8) is 0 Å². The van der Waals surface area contributed by atoms with Gasteiger partial charge in [0.1, 0.15) is 0 Å². The van der Waals surface area contributed by atoms with Gasteiger partial charge in [-0.05, 0) is 35.4 Å². The maximum atomic E-state index is 12.6. The van der Waals surface area contributed by atoms with Gasteiger partial charge >= 0.3 is 0 Å². The number of pyridine rings is 1. The number of aromatic nitrogens is 1. The van der Waals surface area contributed by atoms with Crippen LogP contribution in [0.15, 0.2) is 79.1 Å². The van der Waals surface area contributed by atoms with Crippen LogP contribution < -0.4 is 4.90 Å². The fourth-order valence-corrected chi connectivity index (χ4v) is 2.33. The van der Waals surface area contributed by atoms with Crippen LogP contribution in [0.1, 0.15) is 10.4 Å². The van der Waals surface area contributed by atoms with Gasteiger partial charge in [0.15, 0.2) is 0 Å². The Morgan fingerprint density at radius 2 is 1.68 bits per heavy atom. The Morgan fingerprint density at radius 3 is 2.41 bits per heavy atom. The molecule has 0 bridgehead atoms. The summed E-state index contributed by atoms with van der Waals surface area (Å²) in [4.78, 5) is 18.3. The van der Waals surface area contributed by atoms with Gasteiger partial charge in [-0.25, -0.2) is 0 Å². The van der Waals surface area contributed by atoms with Crippen LogP contribution in [-0.2, 0) is 0 Å². The SMILES string of the molecule is CN(C(=O)c1cccc(-c2ccccc2)c1)c1cccnc1. The van der Waals surface area contributed by atoms with Gasteiger partial charge in [0, 0.05) is 18.8 Å². The lowest BCUT2D eigenvalue weighted by Gasteiger charge is -2.17. The fraction of sp³-hybridized carbons (Fsp3) is 0.0526.